The van der Waals surface area contributed by atoms with Crippen molar-refractivity contribution in [3.05, 3.63) is 39.3 Å². The molecule has 0 bridgehead atoms. The molecule has 0 radical (unpaired) electrons. The van der Waals surface area contributed by atoms with E-state index in [1.807, 2.05) is 24.0 Å². The Balaban J connectivity index is 0.00000225. The second-order valence-electron chi connectivity index (χ2n) is 5.96. The topological polar surface area (TPSA) is 65.7 Å². The van der Waals surface area contributed by atoms with Crippen molar-refractivity contribution in [1.82, 2.24) is 20.0 Å². The number of halogens is 2. The van der Waals surface area contributed by atoms with Crippen LogP contribution >= 0.6 is 46.9 Å². The number of guanidine groups is 1. The van der Waals surface area contributed by atoms with Crippen molar-refractivity contribution < 1.29 is 5.11 Å². The minimum absolute atomic E-state index is 0. The molecule has 6 nitrogen and oxygen atoms in total. The fourth-order valence-electron chi connectivity index (χ4n) is 3.00. The predicted molar refractivity (Wildman–Crippen MR) is 113 cm³/mol. The molecule has 25 heavy (non-hydrogen) atoms. The van der Waals surface area contributed by atoms with E-state index in [1.54, 1.807) is 13.1 Å². The third-order valence-electron chi connectivity index (χ3n) is 4.27. The first kappa shape index (κ1) is 20.5. The Hall–Kier alpha value is -0.840. The van der Waals surface area contributed by atoms with Crippen molar-refractivity contribution in [1.29, 1.82) is 0 Å². The average molecular weight is 496 g/mol. The van der Waals surface area contributed by atoms with Gasteiger partial charge < -0.3 is 15.3 Å². The first-order chi connectivity index (χ1) is 11.6. The Labute approximate surface area is 173 Å². The maximum atomic E-state index is 10.3. The first-order valence-electron chi connectivity index (χ1n) is 7.94. The molecule has 1 saturated heterocycles. The van der Waals surface area contributed by atoms with Crippen molar-refractivity contribution in [2.75, 3.05) is 26.7 Å². The number of rotatable bonds is 4. The smallest absolute Gasteiger partial charge is 0.193 e. The van der Waals surface area contributed by atoms with Crippen molar-refractivity contribution >= 4 is 52.9 Å². The lowest BCUT2D eigenvalue weighted by molar-refractivity contribution is 0.183. The van der Waals surface area contributed by atoms with Gasteiger partial charge in [0.25, 0.3) is 0 Å². The van der Waals surface area contributed by atoms with Gasteiger partial charge in [0.2, 0.25) is 0 Å². The Morgan fingerprint density at radius 2 is 2.36 bits per heavy atom. The number of nitrogens with zero attached hydrogens (tertiary/aromatic N) is 4. The monoisotopic (exact) mass is 495 g/mol. The van der Waals surface area contributed by atoms with Crippen LogP contribution in [-0.4, -0.2) is 52.4 Å². The van der Waals surface area contributed by atoms with Crippen LogP contribution in [0.3, 0.4) is 0 Å². The third-order valence-corrected chi connectivity index (χ3v) is 5.60. The van der Waals surface area contributed by atoms with Gasteiger partial charge in [-0.3, -0.25) is 9.67 Å². The standard InChI is InChI=1S/C16H22ClN5OS.HI/c1-18-16(19-8-13(23)14-3-4-15(17)24-14)22-6-5-11(10-22)12-7-20-21(2)9-12;/h3-4,7,9,11,13,23H,5-6,8,10H2,1-2H3,(H,18,19);1H. The van der Waals surface area contributed by atoms with E-state index in [4.69, 9.17) is 11.6 Å². The second kappa shape index (κ2) is 9.20. The number of aliphatic imine (C=N–C) groups is 1. The van der Waals surface area contributed by atoms with Gasteiger partial charge in [-0.1, -0.05) is 11.6 Å². The fourth-order valence-corrected chi connectivity index (χ4v) is 4.05. The summed E-state index contributed by atoms with van der Waals surface area (Å²) in [7, 11) is 3.71. The number of likely N-dealkylation sites (tertiary alicyclic amines) is 1. The lowest BCUT2D eigenvalue weighted by Gasteiger charge is -2.22. The van der Waals surface area contributed by atoms with E-state index in [2.05, 4.69) is 26.5 Å². The van der Waals surface area contributed by atoms with E-state index in [0.717, 1.165) is 30.3 Å². The number of aliphatic hydroxyl groups is 1. The molecule has 0 saturated carbocycles. The quantitative estimate of drug-likeness (QED) is 0.389. The molecule has 0 aromatic carbocycles. The number of hydrogen-bond donors (Lipinski definition) is 2. The molecule has 0 spiro atoms. The SMILES string of the molecule is CN=C(NCC(O)c1ccc(Cl)s1)N1CCC(c2cnn(C)c2)C1.I. The van der Waals surface area contributed by atoms with Crippen molar-refractivity contribution in [2.45, 2.75) is 18.4 Å². The van der Waals surface area contributed by atoms with Crippen LogP contribution in [-0.2, 0) is 7.05 Å². The van der Waals surface area contributed by atoms with Crippen molar-refractivity contribution in [3.8, 4) is 0 Å². The summed E-state index contributed by atoms with van der Waals surface area (Å²) in [5, 5.41) is 17.8. The molecule has 2 aromatic heterocycles. The fraction of sp³-hybridized carbons (Fsp3) is 0.500. The zero-order valence-electron chi connectivity index (χ0n) is 14.2. The van der Waals surface area contributed by atoms with Gasteiger partial charge >= 0.3 is 0 Å². The highest BCUT2D eigenvalue weighted by atomic mass is 127. The molecule has 138 valence electrons. The van der Waals surface area contributed by atoms with E-state index in [1.165, 1.54) is 16.9 Å². The molecule has 1 aliphatic heterocycles. The zero-order chi connectivity index (χ0) is 17.1. The van der Waals surface area contributed by atoms with Crippen LogP contribution in [0, 0.1) is 0 Å². The average Bonchev–Trinajstić information content (AvgIpc) is 3.28. The highest BCUT2D eigenvalue weighted by Crippen LogP contribution is 2.28. The van der Waals surface area contributed by atoms with Crippen LogP contribution in [0.1, 0.15) is 28.9 Å². The van der Waals surface area contributed by atoms with E-state index in [9.17, 15) is 5.11 Å². The maximum Gasteiger partial charge on any atom is 0.193 e. The van der Waals surface area contributed by atoms with Gasteiger partial charge in [0, 0.05) is 50.7 Å². The second-order valence-corrected chi connectivity index (χ2v) is 7.71. The summed E-state index contributed by atoms with van der Waals surface area (Å²) in [5.41, 5.74) is 1.27. The highest BCUT2D eigenvalue weighted by molar-refractivity contribution is 14.0. The van der Waals surface area contributed by atoms with Crippen LogP contribution < -0.4 is 5.32 Å². The Morgan fingerprint density at radius 1 is 1.56 bits per heavy atom. The van der Waals surface area contributed by atoms with Gasteiger partial charge in [-0.05, 0) is 24.1 Å². The number of thiophene rings is 1. The molecular formula is C16H23ClIN5OS. The van der Waals surface area contributed by atoms with Crippen LogP contribution in [0.25, 0.3) is 0 Å². The maximum absolute atomic E-state index is 10.3. The summed E-state index contributed by atoms with van der Waals surface area (Å²) in [4.78, 5) is 7.44. The molecule has 9 heteroatoms. The van der Waals surface area contributed by atoms with Gasteiger partial charge in [-0.15, -0.1) is 35.3 Å². The zero-order valence-corrected chi connectivity index (χ0v) is 18.1. The molecule has 2 atom stereocenters. The highest BCUT2D eigenvalue weighted by Gasteiger charge is 2.27. The number of hydrogen-bond acceptors (Lipinski definition) is 4. The third kappa shape index (κ3) is 5.08. The summed E-state index contributed by atoms with van der Waals surface area (Å²) in [6.07, 6.45) is 4.51. The van der Waals surface area contributed by atoms with Crippen LogP contribution in [0.2, 0.25) is 4.34 Å². The van der Waals surface area contributed by atoms with Gasteiger partial charge in [0.1, 0.15) is 6.10 Å². The Kier molecular flexibility index (Phi) is 7.53. The molecule has 0 aliphatic carbocycles. The molecule has 3 rings (SSSR count). The number of aliphatic hydroxyl groups excluding tert-OH is 1. The van der Waals surface area contributed by atoms with E-state index in [-0.39, 0.29) is 24.0 Å². The first-order valence-corrected chi connectivity index (χ1v) is 9.13. The molecule has 1 aliphatic rings. The molecular weight excluding hydrogens is 473 g/mol. The Bertz CT molecular complexity index is 719. The van der Waals surface area contributed by atoms with Crippen molar-refractivity contribution in [2.24, 2.45) is 12.0 Å². The number of nitrogens with one attached hydrogen (secondary N) is 1. The summed E-state index contributed by atoms with van der Waals surface area (Å²) < 4.78 is 2.53. The summed E-state index contributed by atoms with van der Waals surface area (Å²) >= 11 is 7.32. The van der Waals surface area contributed by atoms with Gasteiger partial charge in [-0.2, -0.15) is 5.10 Å². The molecule has 2 aromatic rings. The molecule has 2 N–H and O–H groups in total. The lowest BCUT2D eigenvalue weighted by Crippen LogP contribution is -2.41. The molecule has 3 heterocycles. The molecule has 0 amide bonds. The summed E-state index contributed by atoms with van der Waals surface area (Å²) in [6.45, 7) is 2.27. The van der Waals surface area contributed by atoms with Gasteiger partial charge in [0.05, 0.1) is 10.5 Å². The van der Waals surface area contributed by atoms with E-state index < -0.39 is 6.10 Å². The molecule has 2 unspecified atom stereocenters. The number of aromatic nitrogens is 2. The number of aryl methyl sites for hydroxylation is 1. The van der Waals surface area contributed by atoms with Gasteiger partial charge in [0.15, 0.2) is 5.96 Å². The minimum atomic E-state index is -0.587. The van der Waals surface area contributed by atoms with E-state index in [0.29, 0.717) is 16.8 Å². The minimum Gasteiger partial charge on any atom is -0.386 e. The molecule has 1 fully saturated rings. The summed E-state index contributed by atoms with van der Waals surface area (Å²) in [6, 6.07) is 3.66. The van der Waals surface area contributed by atoms with Crippen molar-refractivity contribution in [3.63, 3.8) is 0 Å². The van der Waals surface area contributed by atoms with Crippen LogP contribution in [0.5, 0.6) is 0 Å². The van der Waals surface area contributed by atoms with E-state index >= 15 is 0 Å². The van der Waals surface area contributed by atoms with Gasteiger partial charge in [-0.25, -0.2) is 0 Å². The van der Waals surface area contributed by atoms with Crippen LogP contribution in [0.15, 0.2) is 29.5 Å². The summed E-state index contributed by atoms with van der Waals surface area (Å²) in [5.74, 6) is 1.29. The predicted octanol–water partition coefficient (Wildman–Crippen LogP) is 2.85. The largest absolute Gasteiger partial charge is 0.386 e. The Morgan fingerprint density at radius 3 is 2.96 bits per heavy atom. The lowest BCUT2D eigenvalue weighted by atomic mass is 10.0. The van der Waals surface area contributed by atoms with Crippen LogP contribution in [0.4, 0.5) is 0 Å². The normalized spacial score (nSPS) is 19.0.